The van der Waals surface area contributed by atoms with E-state index in [0.717, 1.165) is 54.2 Å². The molecule has 11 heteroatoms. The van der Waals surface area contributed by atoms with E-state index in [4.69, 9.17) is 9.47 Å². The van der Waals surface area contributed by atoms with Crippen LogP contribution in [-0.4, -0.2) is 78.8 Å². The van der Waals surface area contributed by atoms with E-state index in [1.165, 1.54) is 14.2 Å². The van der Waals surface area contributed by atoms with E-state index in [0.29, 0.717) is 5.69 Å². The van der Waals surface area contributed by atoms with Gasteiger partial charge in [0.15, 0.2) is 5.78 Å². The summed E-state index contributed by atoms with van der Waals surface area (Å²) in [6, 6.07) is 13.2. The molecule has 0 saturated carbocycles. The van der Waals surface area contributed by atoms with Gasteiger partial charge >= 0.3 is 6.18 Å². The number of nitrogens with zero attached hydrogens (tertiary/aromatic N) is 5. The van der Waals surface area contributed by atoms with Gasteiger partial charge in [0.2, 0.25) is 0 Å². The fourth-order valence-corrected chi connectivity index (χ4v) is 4.90. The first kappa shape index (κ1) is 27.4. The van der Waals surface area contributed by atoms with Gasteiger partial charge in [-0.3, -0.25) is 9.36 Å². The molecule has 3 heterocycles. The maximum atomic E-state index is 12.7. The number of ketones is 1. The van der Waals surface area contributed by atoms with Crippen LogP contribution in [0, 0.1) is 0 Å². The Bertz CT molecular complexity index is 1500. The van der Waals surface area contributed by atoms with E-state index >= 15 is 0 Å². The second-order valence-electron chi connectivity index (χ2n) is 9.77. The van der Waals surface area contributed by atoms with Crippen LogP contribution < -0.4 is 14.4 Å². The molecule has 2 aromatic carbocycles. The number of rotatable bonds is 8. The van der Waals surface area contributed by atoms with Crippen molar-refractivity contribution in [1.29, 1.82) is 0 Å². The van der Waals surface area contributed by atoms with E-state index in [-0.39, 0.29) is 17.1 Å². The number of alkyl halides is 3. The number of piperazine rings is 1. The minimum atomic E-state index is -4.44. The van der Waals surface area contributed by atoms with E-state index in [9.17, 15) is 18.0 Å². The lowest BCUT2D eigenvalue weighted by molar-refractivity contribution is -0.133. The first-order valence-corrected chi connectivity index (χ1v) is 12.9. The van der Waals surface area contributed by atoms with Crippen molar-refractivity contribution >= 4 is 22.6 Å². The van der Waals surface area contributed by atoms with Crippen molar-refractivity contribution in [2.24, 2.45) is 0 Å². The molecule has 1 fully saturated rings. The van der Waals surface area contributed by atoms with Gasteiger partial charge < -0.3 is 19.3 Å². The standard InChI is InChI=1S/C29H30F3N5O3/c1-35-10-12-36(13-11-35)27-15-20(7-9-33-27)19-4-5-23-22(14-19)34-18-37(23)21-16-25(39-2)28(26(17-21)40-3)24(38)6-8-29(30,31)32/h4-5,7,9,14-18H,6,8,10-13H2,1-3H3. The Morgan fingerprint density at radius 3 is 2.25 bits per heavy atom. The van der Waals surface area contributed by atoms with Crippen molar-refractivity contribution in [3.63, 3.8) is 0 Å². The Morgan fingerprint density at radius 2 is 1.60 bits per heavy atom. The highest BCUT2D eigenvalue weighted by atomic mass is 19.4. The summed E-state index contributed by atoms with van der Waals surface area (Å²) in [4.78, 5) is 26.4. The van der Waals surface area contributed by atoms with Gasteiger partial charge in [0.25, 0.3) is 0 Å². The Hall–Kier alpha value is -4.12. The predicted octanol–water partition coefficient (Wildman–Crippen LogP) is 5.38. The zero-order valence-electron chi connectivity index (χ0n) is 22.5. The molecule has 0 amide bonds. The summed E-state index contributed by atoms with van der Waals surface area (Å²) >= 11 is 0. The van der Waals surface area contributed by atoms with Gasteiger partial charge in [0, 0.05) is 50.9 Å². The number of pyridine rings is 1. The molecule has 210 valence electrons. The van der Waals surface area contributed by atoms with Crippen molar-refractivity contribution in [3.05, 3.63) is 60.6 Å². The summed E-state index contributed by atoms with van der Waals surface area (Å²) in [5, 5.41) is 0. The topological polar surface area (TPSA) is 72.7 Å². The van der Waals surface area contributed by atoms with Crippen LogP contribution in [0.15, 0.2) is 55.0 Å². The number of fused-ring (bicyclic) bond motifs is 1. The maximum absolute atomic E-state index is 12.7. The van der Waals surface area contributed by atoms with E-state index in [1.807, 2.05) is 35.0 Å². The second-order valence-corrected chi connectivity index (χ2v) is 9.77. The molecule has 4 aromatic rings. The fourth-order valence-electron chi connectivity index (χ4n) is 4.90. The summed E-state index contributed by atoms with van der Waals surface area (Å²) in [6.07, 6.45) is -2.88. The molecule has 1 aliphatic rings. The molecule has 0 unspecified atom stereocenters. The molecule has 0 radical (unpaired) electrons. The van der Waals surface area contributed by atoms with Crippen LogP contribution in [0.3, 0.4) is 0 Å². The minimum absolute atomic E-state index is 0.0152. The van der Waals surface area contributed by atoms with E-state index in [2.05, 4.69) is 32.9 Å². The van der Waals surface area contributed by atoms with Crippen LogP contribution in [0.5, 0.6) is 11.5 Å². The third-order valence-electron chi connectivity index (χ3n) is 7.14. The highest BCUT2D eigenvalue weighted by Crippen LogP contribution is 2.36. The number of imidazole rings is 1. The van der Waals surface area contributed by atoms with Crippen molar-refractivity contribution < 1.29 is 27.4 Å². The maximum Gasteiger partial charge on any atom is 0.389 e. The lowest BCUT2D eigenvalue weighted by Gasteiger charge is -2.33. The zero-order valence-corrected chi connectivity index (χ0v) is 22.5. The first-order valence-electron chi connectivity index (χ1n) is 12.9. The normalized spacial score (nSPS) is 14.5. The van der Waals surface area contributed by atoms with Crippen LogP contribution in [0.25, 0.3) is 27.8 Å². The smallest absolute Gasteiger partial charge is 0.389 e. The third-order valence-corrected chi connectivity index (χ3v) is 7.14. The lowest BCUT2D eigenvalue weighted by Crippen LogP contribution is -2.44. The van der Waals surface area contributed by atoms with Gasteiger partial charge in [-0.25, -0.2) is 9.97 Å². The number of ether oxygens (including phenoxy) is 2. The first-order chi connectivity index (χ1) is 19.2. The fraction of sp³-hybridized carbons (Fsp3) is 0.345. The summed E-state index contributed by atoms with van der Waals surface area (Å²) in [6.45, 7) is 3.84. The van der Waals surface area contributed by atoms with Crippen LogP contribution in [0.2, 0.25) is 0 Å². The molecule has 2 aromatic heterocycles. The number of hydrogen-bond acceptors (Lipinski definition) is 7. The number of carbonyl (C=O) groups excluding carboxylic acids is 1. The molecule has 1 aliphatic heterocycles. The summed E-state index contributed by atoms with van der Waals surface area (Å²) in [5.41, 5.74) is 4.16. The highest BCUT2D eigenvalue weighted by Gasteiger charge is 2.30. The Kier molecular flexibility index (Phi) is 7.66. The zero-order chi connectivity index (χ0) is 28.4. The molecule has 1 saturated heterocycles. The molecule has 0 spiro atoms. The number of hydrogen-bond donors (Lipinski definition) is 0. The number of likely N-dealkylation sites (N-methyl/N-ethyl adjacent to an activating group) is 1. The molecule has 0 N–H and O–H groups in total. The van der Waals surface area contributed by atoms with Gasteiger partial charge in [0.05, 0.1) is 37.4 Å². The van der Waals surface area contributed by atoms with Gasteiger partial charge in [-0.2, -0.15) is 13.2 Å². The van der Waals surface area contributed by atoms with Crippen LogP contribution in [0.1, 0.15) is 23.2 Å². The summed E-state index contributed by atoms with van der Waals surface area (Å²) in [7, 11) is 4.85. The van der Waals surface area contributed by atoms with Crippen molar-refractivity contribution in [2.45, 2.75) is 19.0 Å². The van der Waals surface area contributed by atoms with Crippen molar-refractivity contribution in [1.82, 2.24) is 19.4 Å². The largest absolute Gasteiger partial charge is 0.496 e. The molecular formula is C29H30F3N5O3. The lowest BCUT2D eigenvalue weighted by atomic mass is 10.0. The predicted molar refractivity (Wildman–Crippen MR) is 147 cm³/mol. The Balaban J connectivity index is 1.45. The van der Waals surface area contributed by atoms with Crippen molar-refractivity contribution in [2.75, 3.05) is 52.3 Å². The minimum Gasteiger partial charge on any atom is -0.496 e. The number of anilines is 1. The molecule has 8 nitrogen and oxygen atoms in total. The van der Waals surface area contributed by atoms with Gasteiger partial charge in [0.1, 0.15) is 29.2 Å². The van der Waals surface area contributed by atoms with E-state index in [1.54, 1.807) is 18.5 Å². The second kappa shape index (κ2) is 11.2. The molecule has 0 aliphatic carbocycles. The van der Waals surface area contributed by atoms with E-state index < -0.39 is 24.8 Å². The number of aromatic nitrogens is 3. The Morgan fingerprint density at radius 1 is 0.925 bits per heavy atom. The average Bonchev–Trinajstić information content (AvgIpc) is 3.38. The third kappa shape index (κ3) is 5.74. The summed E-state index contributed by atoms with van der Waals surface area (Å²) < 4.78 is 50.8. The van der Waals surface area contributed by atoms with Crippen LogP contribution in [0.4, 0.5) is 19.0 Å². The highest BCUT2D eigenvalue weighted by molar-refractivity contribution is 6.02. The van der Waals surface area contributed by atoms with Crippen LogP contribution >= 0.6 is 0 Å². The summed E-state index contributed by atoms with van der Waals surface area (Å²) in [5.74, 6) is 0.507. The van der Waals surface area contributed by atoms with Gasteiger partial charge in [-0.15, -0.1) is 0 Å². The molecular weight excluding hydrogens is 523 g/mol. The number of carbonyl (C=O) groups is 1. The van der Waals surface area contributed by atoms with Crippen LogP contribution in [-0.2, 0) is 0 Å². The quantitative estimate of drug-likeness (QED) is 0.271. The number of Topliss-reactive ketones (excluding diaryl/α,β-unsaturated/α-hetero) is 1. The molecule has 0 bridgehead atoms. The SMILES string of the molecule is COc1cc(-n2cnc3cc(-c4ccnc(N5CCN(C)CC5)c4)ccc32)cc(OC)c1C(=O)CCC(F)(F)F. The Labute approximate surface area is 229 Å². The molecule has 5 rings (SSSR count). The van der Waals surface area contributed by atoms with Gasteiger partial charge in [-0.05, 0) is 42.4 Å². The van der Waals surface area contributed by atoms with Gasteiger partial charge in [-0.1, -0.05) is 6.07 Å². The number of halogens is 3. The number of methoxy groups -OCH3 is 2. The monoisotopic (exact) mass is 553 g/mol. The number of benzene rings is 2. The molecule has 0 atom stereocenters. The average molecular weight is 554 g/mol. The molecule has 40 heavy (non-hydrogen) atoms. The van der Waals surface area contributed by atoms with Crippen molar-refractivity contribution in [3.8, 4) is 28.3 Å².